The number of anilines is 1. The topological polar surface area (TPSA) is 55.0 Å². The molecule has 60 valence electrons. The van der Waals surface area contributed by atoms with Gasteiger partial charge >= 0.3 is 0 Å². The Labute approximate surface area is 66.1 Å². The lowest BCUT2D eigenvalue weighted by atomic mass is 10.4. The Morgan fingerprint density at radius 3 is 2.45 bits per heavy atom. The van der Waals surface area contributed by atoms with Crippen LogP contribution in [0.5, 0.6) is 0 Å². The number of nitrogens with zero attached hydrogens (tertiary/aromatic N) is 3. The number of rotatable bonds is 2. The highest BCUT2D eigenvalue weighted by Gasteiger charge is 2.03. The summed E-state index contributed by atoms with van der Waals surface area (Å²) < 4.78 is 0. The Bertz CT molecular complexity index is 234. The Kier molecular flexibility index (Phi) is 2.38. The fourth-order valence-corrected chi connectivity index (χ4v) is 0.877. The van der Waals surface area contributed by atoms with Gasteiger partial charge in [0.1, 0.15) is 0 Å². The van der Waals surface area contributed by atoms with E-state index in [1.54, 1.807) is 12.4 Å². The van der Waals surface area contributed by atoms with Crippen LogP contribution in [0.4, 0.5) is 5.82 Å². The van der Waals surface area contributed by atoms with Gasteiger partial charge in [0.15, 0.2) is 5.82 Å². The molecule has 0 aromatic carbocycles. The molecule has 0 amide bonds. The Balaban J connectivity index is 3.02. The molecular formula is C7H12N4. The normalized spacial score (nSPS) is 9.73. The summed E-state index contributed by atoms with van der Waals surface area (Å²) in [4.78, 5) is 10.1. The van der Waals surface area contributed by atoms with E-state index in [0.29, 0.717) is 6.54 Å². The maximum atomic E-state index is 5.46. The van der Waals surface area contributed by atoms with Crippen molar-refractivity contribution in [2.24, 2.45) is 5.73 Å². The quantitative estimate of drug-likeness (QED) is 0.648. The summed E-state index contributed by atoms with van der Waals surface area (Å²) in [6.07, 6.45) is 3.31. The number of hydrogen-bond donors (Lipinski definition) is 1. The molecule has 0 radical (unpaired) electrons. The first-order valence-electron chi connectivity index (χ1n) is 3.43. The first-order chi connectivity index (χ1) is 5.25. The van der Waals surface area contributed by atoms with Crippen LogP contribution in [-0.2, 0) is 6.54 Å². The van der Waals surface area contributed by atoms with E-state index in [2.05, 4.69) is 9.97 Å². The van der Waals surface area contributed by atoms with E-state index in [9.17, 15) is 0 Å². The molecule has 0 unspecified atom stereocenters. The molecule has 0 aliphatic rings. The van der Waals surface area contributed by atoms with E-state index in [4.69, 9.17) is 5.73 Å². The van der Waals surface area contributed by atoms with Gasteiger partial charge in [-0.1, -0.05) is 0 Å². The number of nitrogens with two attached hydrogens (primary N) is 1. The Morgan fingerprint density at radius 2 is 2.00 bits per heavy atom. The Hall–Kier alpha value is -1.16. The molecule has 2 N–H and O–H groups in total. The van der Waals surface area contributed by atoms with E-state index in [1.807, 2.05) is 19.0 Å². The summed E-state index contributed by atoms with van der Waals surface area (Å²) in [6.45, 7) is 0.432. The van der Waals surface area contributed by atoms with Gasteiger partial charge in [-0.25, -0.2) is 4.98 Å². The lowest BCUT2D eigenvalue weighted by molar-refractivity contribution is 0.925. The van der Waals surface area contributed by atoms with Gasteiger partial charge in [-0.15, -0.1) is 0 Å². The van der Waals surface area contributed by atoms with Crippen molar-refractivity contribution in [2.75, 3.05) is 19.0 Å². The standard InChI is InChI=1S/C7H12N4/c1-11(2)7-6(5-8)9-3-4-10-7/h3-4H,5,8H2,1-2H3. The molecular weight excluding hydrogens is 140 g/mol. The minimum absolute atomic E-state index is 0.432. The van der Waals surface area contributed by atoms with E-state index in [0.717, 1.165) is 11.5 Å². The van der Waals surface area contributed by atoms with Crippen molar-refractivity contribution in [1.82, 2.24) is 9.97 Å². The molecule has 1 aromatic rings. The molecule has 1 rings (SSSR count). The minimum Gasteiger partial charge on any atom is -0.361 e. The molecule has 1 aromatic heterocycles. The van der Waals surface area contributed by atoms with Gasteiger partial charge in [0, 0.05) is 33.0 Å². The number of aromatic nitrogens is 2. The molecule has 4 nitrogen and oxygen atoms in total. The van der Waals surface area contributed by atoms with Crippen LogP contribution in [0.2, 0.25) is 0 Å². The maximum Gasteiger partial charge on any atom is 0.151 e. The second kappa shape index (κ2) is 3.30. The highest BCUT2D eigenvalue weighted by molar-refractivity contribution is 5.40. The van der Waals surface area contributed by atoms with Gasteiger partial charge in [-0.3, -0.25) is 4.98 Å². The molecule has 0 fully saturated rings. The van der Waals surface area contributed by atoms with E-state index in [1.165, 1.54) is 0 Å². The summed E-state index contributed by atoms with van der Waals surface area (Å²) >= 11 is 0. The van der Waals surface area contributed by atoms with Crippen molar-refractivity contribution in [3.05, 3.63) is 18.1 Å². The molecule has 4 heteroatoms. The molecule has 0 aliphatic carbocycles. The fraction of sp³-hybridized carbons (Fsp3) is 0.429. The average Bonchev–Trinajstić information content (AvgIpc) is 2.04. The van der Waals surface area contributed by atoms with Crippen LogP contribution in [0.15, 0.2) is 12.4 Å². The zero-order valence-electron chi connectivity index (χ0n) is 6.78. The van der Waals surface area contributed by atoms with Gasteiger partial charge in [-0.2, -0.15) is 0 Å². The van der Waals surface area contributed by atoms with Crippen LogP contribution in [-0.4, -0.2) is 24.1 Å². The predicted octanol–water partition coefficient (Wildman–Crippen LogP) is 0.00130. The Morgan fingerprint density at radius 1 is 1.36 bits per heavy atom. The van der Waals surface area contributed by atoms with Crippen LogP contribution in [0.3, 0.4) is 0 Å². The van der Waals surface area contributed by atoms with Crippen molar-refractivity contribution < 1.29 is 0 Å². The van der Waals surface area contributed by atoms with E-state index >= 15 is 0 Å². The largest absolute Gasteiger partial charge is 0.361 e. The second-order valence-corrected chi connectivity index (χ2v) is 2.43. The molecule has 0 spiro atoms. The molecule has 0 atom stereocenters. The van der Waals surface area contributed by atoms with Crippen LogP contribution in [0.25, 0.3) is 0 Å². The molecule has 0 bridgehead atoms. The van der Waals surface area contributed by atoms with Crippen molar-refractivity contribution in [2.45, 2.75) is 6.54 Å². The van der Waals surface area contributed by atoms with Gasteiger partial charge in [0.25, 0.3) is 0 Å². The molecule has 0 aliphatic heterocycles. The fourth-order valence-electron chi connectivity index (χ4n) is 0.877. The number of hydrogen-bond acceptors (Lipinski definition) is 4. The first kappa shape index (κ1) is 7.94. The van der Waals surface area contributed by atoms with Crippen molar-refractivity contribution in [3.8, 4) is 0 Å². The van der Waals surface area contributed by atoms with Crippen molar-refractivity contribution in [1.29, 1.82) is 0 Å². The average molecular weight is 152 g/mol. The highest BCUT2D eigenvalue weighted by atomic mass is 15.1. The second-order valence-electron chi connectivity index (χ2n) is 2.43. The molecule has 0 saturated carbocycles. The van der Waals surface area contributed by atoms with Gasteiger partial charge in [0.2, 0.25) is 0 Å². The highest BCUT2D eigenvalue weighted by Crippen LogP contribution is 2.09. The monoisotopic (exact) mass is 152 g/mol. The molecule has 0 saturated heterocycles. The zero-order valence-corrected chi connectivity index (χ0v) is 6.78. The predicted molar refractivity (Wildman–Crippen MR) is 44.3 cm³/mol. The summed E-state index contributed by atoms with van der Waals surface area (Å²) in [7, 11) is 3.84. The third-order valence-electron chi connectivity index (χ3n) is 1.37. The third kappa shape index (κ3) is 1.65. The van der Waals surface area contributed by atoms with Crippen LogP contribution in [0.1, 0.15) is 5.69 Å². The van der Waals surface area contributed by atoms with E-state index < -0.39 is 0 Å². The zero-order chi connectivity index (χ0) is 8.27. The van der Waals surface area contributed by atoms with Crippen LogP contribution in [0, 0.1) is 0 Å². The SMILES string of the molecule is CN(C)c1nccnc1CN. The molecule has 1 heterocycles. The van der Waals surface area contributed by atoms with Gasteiger partial charge < -0.3 is 10.6 Å². The van der Waals surface area contributed by atoms with Crippen molar-refractivity contribution in [3.63, 3.8) is 0 Å². The van der Waals surface area contributed by atoms with E-state index in [-0.39, 0.29) is 0 Å². The lowest BCUT2D eigenvalue weighted by Gasteiger charge is -2.13. The molecule has 11 heavy (non-hydrogen) atoms. The summed E-state index contributed by atoms with van der Waals surface area (Å²) in [5, 5.41) is 0. The van der Waals surface area contributed by atoms with Crippen LogP contribution >= 0.6 is 0 Å². The lowest BCUT2D eigenvalue weighted by Crippen LogP contribution is -2.15. The smallest absolute Gasteiger partial charge is 0.151 e. The summed E-state index contributed by atoms with van der Waals surface area (Å²) in [5.41, 5.74) is 6.29. The van der Waals surface area contributed by atoms with Crippen molar-refractivity contribution >= 4 is 5.82 Å². The summed E-state index contributed by atoms with van der Waals surface area (Å²) in [6, 6.07) is 0. The first-order valence-corrected chi connectivity index (χ1v) is 3.43. The summed E-state index contributed by atoms with van der Waals surface area (Å²) in [5.74, 6) is 0.843. The van der Waals surface area contributed by atoms with Crippen LogP contribution < -0.4 is 10.6 Å². The minimum atomic E-state index is 0.432. The third-order valence-corrected chi connectivity index (χ3v) is 1.37. The van der Waals surface area contributed by atoms with Gasteiger partial charge in [-0.05, 0) is 0 Å². The van der Waals surface area contributed by atoms with Gasteiger partial charge in [0.05, 0.1) is 5.69 Å². The maximum absolute atomic E-state index is 5.46.